The highest BCUT2D eigenvalue weighted by molar-refractivity contribution is 5.47. The third-order valence-corrected chi connectivity index (χ3v) is 2.12. The molecule has 1 aromatic carbocycles. The van der Waals surface area contributed by atoms with E-state index in [1.54, 1.807) is 25.3 Å². The highest BCUT2D eigenvalue weighted by Gasteiger charge is 2.04. The molecule has 0 atom stereocenters. The molecule has 0 amide bonds. The van der Waals surface area contributed by atoms with Crippen molar-refractivity contribution in [3.63, 3.8) is 0 Å². The van der Waals surface area contributed by atoms with E-state index in [9.17, 15) is 0 Å². The van der Waals surface area contributed by atoms with Crippen LogP contribution in [0.5, 0.6) is 11.5 Å². The lowest BCUT2D eigenvalue weighted by Gasteiger charge is -2.08. The molecule has 0 aromatic heterocycles. The Balaban J connectivity index is 2.68. The van der Waals surface area contributed by atoms with Crippen LogP contribution in [0.15, 0.2) is 30.9 Å². The molecule has 3 nitrogen and oxygen atoms in total. The number of nitrogens with zero attached hydrogens (tertiary/aromatic N) is 1. The number of hydrogen-bond acceptors (Lipinski definition) is 3. The summed E-state index contributed by atoms with van der Waals surface area (Å²) in [5.41, 5.74) is 0.527. The van der Waals surface area contributed by atoms with Gasteiger partial charge in [-0.25, -0.2) is 0 Å². The van der Waals surface area contributed by atoms with Gasteiger partial charge < -0.3 is 9.47 Å². The molecular weight excluding hydrogens is 202 g/mol. The van der Waals surface area contributed by atoms with Crippen molar-refractivity contribution < 1.29 is 9.47 Å². The van der Waals surface area contributed by atoms with Crippen molar-refractivity contribution in [2.45, 2.75) is 12.8 Å². The lowest BCUT2D eigenvalue weighted by molar-refractivity contribution is 0.308. The molecule has 0 spiro atoms. The van der Waals surface area contributed by atoms with Crippen molar-refractivity contribution in [2.75, 3.05) is 13.7 Å². The fraction of sp³-hybridized carbons (Fsp3) is 0.308. The second-order valence-electron chi connectivity index (χ2n) is 3.25. The lowest BCUT2D eigenvalue weighted by Crippen LogP contribution is -1.99. The Kier molecular flexibility index (Phi) is 4.94. The van der Waals surface area contributed by atoms with Crippen molar-refractivity contribution in [3.05, 3.63) is 36.4 Å². The van der Waals surface area contributed by atoms with Crippen LogP contribution in [-0.4, -0.2) is 13.7 Å². The van der Waals surface area contributed by atoms with Crippen molar-refractivity contribution in [1.29, 1.82) is 5.26 Å². The number of methoxy groups -OCH3 is 1. The van der Waals surface area contributed by atoms with Crippen LogP contribution in [-0.2, 0) is 0 Å². The van der Waals surface area contributed by atoms with Crippen LogP contribution in [0.25, 0.3) is 0 Å². The highest BCUT2D eigenvalue weighted by Crippen LogP contribution is 2.24. The van der Waals surface area contributed by atoms with Crippen LogP contribution < -0.4 is 9.47 Å². The average Bonchev–Trinajstić information content (AvgIpc) is 2.34. The van der Waals surface area contributed by atoms with E-state index in [0.29, 0.717) is 23.7 Å². The van der Waals surface area contributed by atoms with Gasteiger partial charge in [-0.05, 0) is 25.0 Å². The number of allylic oxidation sites excluding steroid dienone is 1. The topological polar surface area (TPSA) is 42.2 Å². The molecule has 0 bridgehead atoms. The molecule has 0 fully saturated rings. The lowest BCUT2D eigenvalue weighted by atomic mass is 10.2. The van der Waals surface area contributed by atoms with E-state index < -0.39 is 0 Å². The van der Waals surface area contributed by atoms with Crippen LogP contribution in [0.4, 0.5) is 0 Å². The van der Waals surface area contributed by atoms with Gasteiger partial charge in [0.2, 0.25) is 0 Å². The zero-order chi connectivity index (χ0) is 11.8. The minimum atomic E-state index is 0.527. The predicted octanol–water partition coefficient (Wildman–Crippen LogP) is 2.91. The molecule has 16 heavy (non-hydrogen) atoms. The Hall–Kier alpha value is -1.95. The molecule has 0 unspecified atom stereocenters. The summed E-state index contributed by atoms with van der Waals surface area (Å²) < 4.78 is 10.6. The maximum Gasteiger partial charge on any atom is 0.140 e. The van der Waals surface area contributed by atoms with E-state index in [2.05, 4.69) is 12.6 Å². The maximum absolute atomic E-state index is 8.90. The molecule has 1 rings (SSSR count). The quantitative estimate of drug-likeness (QED) is 0.543. The minimum Gasteiger partial charge on any atom is -0.497 e. The van der Waals surface area contributed by atoms with E-state index in [-0.39, 0.29) is 0 Å². The van der Waals surface area contributed by atoms with Crippen LogP contribution in [0.3, 0.4) is 0 Å². The van der Waals surface area contributed by atoms with E-state index >= 15 is 0 Å². The molecule has 0 aliphatic rings. The second-order valence-corrected chi connectivity index (χ2v) is 3.25. The molecule has 0 N–H and O–H groups in total. The molecule has 0 radical (unpaired) electrons. The first-order valence-electron chi connectivity index (χ1n) is 5.13. The fourth-order valence-corrected chi connectivity index (χ4v) is 1.25. The standard InChI is InChI=1S/C13H15NO2/c1-3-4-5-8-16-13-9-12(15-2)7-6-11(13)10-14/h3,6-7,9H,1,4-5,8H2,2H3. The van der Waals surface area contributed by atoms with E-state index in [1.807, 2.05) is 6.08 Å². The normalized spacial score (nSPS) is 9.25. The van der Waals surface area contributed by atoms with E-state index in [4.69, 9.17) is 14.7 Å². The zero-order valence-corrected chi connectivity index (χ0v) is 9.40. The van der Waals surface area contributed by atoms with Gasteiger partial charge in [0.15, 0.2) is 0 Å². The zero-order valence-electron chi connectivity index (χ0n) is 9.40. The summed E-state index contributed by atoms with van der Waals surface area (Å²) >= 11 is 0. The monoisotopic (exact) mass is 217 g/mol. The Morgan fingerprint density at radius 3 is 2.94 bits per heavy atom. The summed E-state index contributed by atoms with van der Waals surface area (Å²) in [4.78, 5) is 0. The summed E-state index contributed by atoms with van der Waals surface area (Å²) in [5, 5.41) is 8.90. The minimum absolute atomic E-state index is 0.527. The van der Waals surface area contributed by atoms with Crippen LogP contribution in [0, 0.1) is 11.3 Å². The summed E-state index contributed by atoms with van der Waals surface area (Å²) in [6.07, 6.45) is 3.65. The van der Waals surface area contributed by atoms with Crippen molar-refractivity contribution >= 4 is 0 Å². The van der Waals surface area contributed by atoms with Gasteiger partial charge in [-0.3, -0.25) is 0 Å². The third-order valence-electron chi connectivity index (χ3n) is 2.12. The van der Waals surface area contributed by atoms with E-state index in [0.717, 1.165) is 12.8 Å². The highest BCUT2D eigenvalue weighted by atomic mass is 16.5. The van der Waals surface area contributed by atoms with Gasteiger partial charge in [0.25, 0.3) is 0 Å². The van der Waals surface area contributed by atoms with Gasteiger partial charge in [0, 0.05) is 6.07 Å². The van der Waals surface area contributed by atoms with Crippen LogP contribution in [0.2, 0.25) is 0 Å². The van der Waals surface area contributed by atoms with Crippen molar-refractivity contribution in [3.8, 4) is 17.6 Å². The number of rotatable bonds is 6. The molecule has 0 aliphatic heterocycles. The first-order chi connectivity index (χ1) is 7.81. The summed E-state index contributed by atoms with van der Waals surface area (Å²) in [6, 6.07) is 7.26. The van der Waals surface area contributed by atoms with Gasteiger partial charge in [-0.15, -0.1) is 6.58 Å². The number of nitriles is 1. The molecule has 3 heteroatoms. The molecule has 84 valence electrons. The third kappa shape index (κ3) is 3.32. The molecule has 0 saturated heterocycles. The fourth-order valence-electron chi connectivity index (χ4n) is 1.25. The largest absolute Gasteiger partial charge is 0.497 e. The van der Waals surface area contributed by atoms with Crippen LogP contribution in [0.1, 0.15) is 18.4 Å². The van der Waals surface area contributed by atoms with Gasteiger partial charge in [0.05, 0.1) is 19.3 Å². The molecule has 0 aliphatic carbocycles. The predicted molar refractivity (Wildman–Crippen MR) is 62.6 cm³/mol. The Bertz CT molecular complexity index is 393. The molecular formula is C13H15NO2. The van der Waals surface area contributed by atoms with Gasteiger partial charge >= 0.3 is 0 Å². The molecule has 0 saturated carbocycles. The second kappa shape index (κ2) is 6.52. The van der Waals surface area contributed by atoms with Gasteiger partial charge in [-0.2, -0.15) is 5.26 Å². The first-order valence-corrected chi connectivity index (χ1v) is 5.13. The number of benzene rings is 1. The summed E-state index contributed by atoms with van der Waals surface area (Å²) in [7, 11) is 1.59. The molecule has 1 aromatic rings. The molecule has 0 heterocycles. The Morgan fingerprint density at radius 2 is 2.31 bits per heavy atom. The summed E-state index contributed by atoms with van der Waals surface area (Å²) in [5.74, 6) is 1.27. The van der Waals surface area contributed by atoms with Gasteiger partial charge in [-0.1, -0.05) is 6.08 Å². The summed E-state index contributed by atoms with van der Waals surface area (Å²) in [6.45, 7) is 4.22. The SMILES string of the molecule is C=CCCCOc1cc(OC)ccc1C#N. The van der Waals surface area contributed by atoms with Crippen molar-refractivity contribution in [2.24, 2.45) is 0 Å². The maximum atomic E-state index is 8.90. The number of ether oxygens (including phenoxy) is 2. The Labute approximate surface area is 95.9 Å². The van der Waals surface area contributed by atoms with Crippen molar-refractivity contribution in [1.82, 2.24) is 0 Å². The average molecular weight is 217 g/mol. The number of unbranched alkanes of at least 4 members (excludes halogenated alkanes) is 1. The van der Waals surface area contributed by atoms with E-state index in [1.165, 1.54) is 0 Å². The Morgan fingerprint density at radius 1 is 1.50 bits per heavy atom. The number of hydrogen-bond donors (Lipinski definition) is 0. The first kappa shape index (κ1) is 12.1. The smallest absolute Gasteiger partial charge is 0.140 e. The van der Waals surface area contributed by atoms with Gasteiger partial charge in [0.1, 0.15) is 17.6 Å². The van der Waals surface area contributed by atoms with Crippen LogP contribution >= 0.6 is 0 Å².